The Labute approximate surface area is 192 Å². The largest absolute Gasteiger partial charge is 0.508 e. The third-order valence-corrected chi connectivity index (χ3v) is 9.67. The minimum Gasteiger partial charge on any atom is -0.508 e. The number of benzene rings is 1. The van der Waals surface area contributed by atoms with E-state index in [1.54, 1.807) is 11.1 Å². The maximum absolute atomic E-state index is 11.4. The maximum Gasteiger partial charge on any atom is 0.119 e. The van der Waals surface area contributed by atoms with Crippen LogP contribution in [0.25, 0.3) is 0 Å². The van der Waals surface area contributed by atoms with Crippen LogP contribution in [0.15, 0.2) is 12.1 Å². The lowest BCUT2D eigenvalue weighted by Crippen LogP contribution is -2.21. The van der Waals surface area contributed by atoms with E-state index in [0.717, 1.165) is 17.8 Å². The van der Waals surface area contributed by atoms with Gasteiger partial charge >= 0.3 is 0 Å². The van der Waals surface area contributed by atoms with Crippen LogP contribution in [-0.2, 0) is 0 Å². The SMILES string of the molecule is CCC(c1ccc(O)c(C(CC)C2CCCC2)c1C(CC)C1CCCC1)C1CCCC1. The van der Waals surface area contributed by atoms with Gasteiger partial charge in [0.05, 0.1) is 0 Å². The second kappa shape index (κ2) is 10.8. The predicted octanol–water partition coefficient (Wildman–Crippen LogP) is 9.44. The molecular weight excluding hydrogens is 376 g/mol. The molecule has 3 saturated carbocycles. The summed E-state index contributed by atoms with van der Waals surface area (Å²) in [7, 11) is 0. The second-order valence-corrected chi connectivity index (χ2v) is 11.2. The molecule has 3 atom stereocenters. The Hall–Kier alpha value is -0.980. The molecule has 3 aliphatic rings. The number of phenols is 1. The molecule has 0 aromatic heterocycles. The third kappa shape index (κ3) is 4.72. The molecule has 1 N–H and O–H groups in total. The van der Waals surface area contributed by atoms with Gasteiger partial charge in [-0.1, -0.05) is 65.4 Å². The molecule has 3 unspecified atom stereocenters. The predicted molar refractivity (Wildman–Crippen MR) is 133 cm³/mol. The molecule has 0 radical (unpaired) electrons. The zero-order valence-corrected chi connectivity index (χ0v) is 20.7. The zero-order valence-electron chi connectivity index (χ0n) is 20.7. The molecule has 3 fully saturated rings. The Morgan fingerprint density at radius 3 is 1.42 bits per heavy atom. The van der Waals surface area contributed by atoms with Crippen molar-refractivity contribution in [3.05, 3.63) is 28.8 Å². The fourth-order valence-electron chi connectivity index (χ4n) is 8.20. The van der Waals surface area contributed by atoms with Crippen LogP contribution in [0.3, 0.4) is 0 Å². The highest BCUT2D eigenvalue weighted by Gasteiger charge is 2.37. The normalized spacial score (nSPS) is 24.1. The number of phenolic OH excluding ortho intramolecular Hbond substituents is 1. The Kier molecular flexibility index (Phi) is 8.05. The van der Waals surface area contributed by atoms with Gasteiger partial charge in [0.25, 0.3) is 0 Å². The minimum atomic E-state index is 0.550. The minimum absolute atomic E-state index is 0.550. The van der Waals surface area contributed by atoms with E-state index in [2.05, 4.69) is 32.9 Å². The third-order valence-electron chi connectivity index (χ3n) is 9.67. The monoisotopic (exact) mass is 424 g/mol. The van der Waals surface area contributed by atoms with Gasteiger partial charge < -0.3 is 5.11 Å². The van der Waals surface area contributed by atoms with Gasteiger partial charge in [0.2, 0.25) is 0 Å². The summed E-state index contributed by atoms with van der Waals surface area (Å²) in [5.41, 5.74) is 4.70. The highest BCUT2D eigenvalue weighted by atomic mass is 16.3. The fourth-order valence-corrected chi connectivity index (χ4v) is 8.20. The zero-order chi connectivity index (χ0) is 21.8. The van der Waals surface area contributed by atoms with Crippen molar-refractivity contribution in [1.82, 2.24) is 0 Å². The first-order valence-electron chi connectivity index (χ1n) is 14.0. The molecule has 0 heterocycles. The summed E-state index contributed by atoms with van der Waals surface area (Å²) in [6.45, 7) is 7.22. The smallest absolute Gasteiger partial charge is 0.119 e. The summed E-state index contributed by atoms with van der Waals surface area (Å²) in [5.74, 6) is 4.96. The van der Waals surface area contributed by atoms with Crippen molar-refractivity contribution in [2.75, 3.05) is 0 Å². The van der Waals surface area contributed by atoms with E-state index >= 15 is 0 Å². The molecule has 4 rings (SSSR count). The van der Waals surface area contributed by atoms with E-state index in [4.69, 9.17) is 0 Å². The molecule has 1 aromatic rings. The molecule has 1 aromatic carbocycles. The van der Waals surface area contributed by atoms with Crippen LogP contribution < -0.4 is 0 Å². The molecule has 3 aliphatic carbocycles. The summed E-state index contributed by atoms with van der Waals surface area (Å²) in [6.07, 6.45) is 20.4. The molecule has 0 amide bonds. The van der Waals surface area contributed by atoms with E-state index in [-0.39, 0.29) is 0 Å². The van der Waals surface area contributed by atoms with Gasteiger partial charge in [0.1, 0.15) is 5.75 Å². The van der Waals surface area contributed by atoms with E-state index in [1.165, 1.54) is 102 Å². The summed E-state index contributed by atoms with van der Waals surface area (Å²) >= 11 is 0. The lowest BCUT2D eigenvalue weighted by atomic mass is 9.69. The quantitative estimate of drug-likeness (QED) is 0.418. The van der Waals surface area contributed by atoms with E-state index in [0.29, 0.717) is 23.5 Å². The topological polar surface area (TPSA) is 20.2 Å². The number of rotatable bonds is 9. The molecule has 0 aliphatic heterocycles. The van der Waals surface area contributed by atoms with Gasteiger partial charge in [-0.05, 0) is 110 Å². The average Bonchev–Trinajstić information content (AvgIpc) is 3.57. The van der Waals surface area contributed by atoms with Crippen LogP contribution in [0.4, 0.5) is 0 Å². The lowest BCUT2D eigenvalue weighted by Gasteiger charge is -2.36. The first-order valence-corrected chi connectivity index (χ1v) is 14.0. The van der Waals surface area contributed by atoms with Crippen LogP contribution in [0.5, 0.6) is 5.75 Å². The van der Waals surface area contributed by atoms with Crippen LogP contribution in [0.1, 0.15) is 152 Å². The first-order chi connectivity index (χ1) is 15.2. The van der Waals surface area contributed by atoms with Gasteiger partial charge in [-0.2, -0.15) is 0 Å². The lowest BCUT2D eigenvalue weighted by molar-refractivity contribution is 0.366. The van der Waals surface area contributed by atoms with Gasteiger partial charge in [0, 0.05) is 5.56 Å². The second-order valence-electron chi connectivity index (χ2n) is 11.2. The van der Waals surface area contributed by atoms with Crippen molar-refractivity contribution >= 4 is 0 Å². The first kappa shape index (κ1) is 23.2. The molecule has 0 saturated heterocycles. The van der Waals surface area contributed by atoms with Crippen molar-refractivity contribution in [3.63, 3.8) is 0 Å². The van der Waals surface area contributed by atoms with Crippen molar-refractivity contribution in [1.29, 1.82) is 0 Å². The van der Waals surface area contributed by atoms with Crippen molar-refractivity contribution in [2.45, 2.75) is 135 Å². The molecule has 0 bridgehead atoms. The molecule has 174 valence electrons. The van der Waals surface area contributed by atoms with Gasteiger partial charge in [-0.25, -0.2) is 0 Å². The summed E-state index contributed by atoms with van der Waals surface area (Å²) in [4.78, 5) is 0. The standard InChI is InChI=1S/C30H48O/c1-4-24(21-13-7-8-14-21)27-19-20-28(31)30(26(6-3)23-17-11-12-18-23)29(27)25(5-2)22-15-9-10-16-22/h19-26,31H,4-18H2,1-3H3. The van der Waals surface area contributed by atoms with Crippen molar-refractivity contribution in [3.8, 4) is 5.75 Å². The Morgan fingerprint density at radius 1 is 0.613 bits per heavy atom. The Bertz CT molecular complexity index is 689. The van der Waals surface area contributed by atoms with E-state index in [9.17, 15) is 5.11 Å². The van der Waals surface area contributed by atoms with Gasteiger partial charge in [0.15, 0.2) is 0 Å². The van der Waals surface area contributed by atoms with Gasteiger partial charge in [-0.15, -0.1) is 0 Å². The van der Waals surface area contributed by atoms with Crippen molar-refractivity contribution in [2.24, 2.45) is 17.8 Å². The van der Waals surface area contributed by atoms with Crippen LogP contribution in [-0.4, -0.2) is 5.11 Å². The Balaban J connectivity index is 1.85. The maximum atomic E-state index is 11.4. The molecule has 31 heavy (non-hydrogen) atoms. The highest BCUT2D eigenvalue weighted by molar-refractivity contribution is 5.51. The molecule has 1 nitrogen and oxygen atoms in total. The molecule has 1 heteroatoms. The van der Waals surface area contributed by atoms with Gasteiger partial charge in [-0.3, -0.25) is 0 Å². The number of hydrogen-bond acceptors (Lipinski definition) is 1. The van der Waals surface area contributed by atoms with Crippen LogP contribution >= 0.6 is 0 Å². The average molecular weight is 425 g/mol. The van der Waals surface area contributed by atoms with E-state index < -0.39 is 0 Å². The number of aromatic hydroxyl groups is 1. The fraction of sp³-hybridized carbons (Fsp3) is 0.800. The highest BCUT2D eigenvalue weighted by Crippen LogP contribution is 2.52. The van der Waals surface area contributed by atoms with E-state index in [1.807, 2.05) is 0 Å². The Morgan fingerprint density at radius 2 is 1.00 bits per heavy atom. The summed E-state index contributed by atoms with van der Waals surface area (Å²) in [6, 6.07) is 4.48. The summed E-state index contributed by atoms with van der Waals surface area (Å²) < 4.78 is 0. The van der Waals surface area contributed by atoms with Crippen LogP contribution in [0.2, 0.25) is 0 Å². The molecular formula is C30H48O. The summed E-state index contributed by atoms with van der Waals surface area (Å²) in [5, 5.41) is 11.4. The molecule has 0 spiro atoms. The number of hydrogen-bond donors (Lipinski definition) is 1. The van der Waals surface area contributed by atoms with Crippen LogP contribution in [0, 0.1) is 17.8 Å². The van der Waals surface area contributed by atoms with Crippen molar-refractivity contribution < 1.29 is 5.11 Å².